The number of nitrogens with zero attached hydrogens (tertiary/aromatic N) is 2. The Morgan fingerprint density at radius 2 is 1.80 bits per heavy atom. The van der Waals surface area contributed by atoms with E-state index in [9.17, 15) is 0 Å². The van der Waals surface area contributed by atoms with Crippen LogP contribution in [-0.2, 0) is 12.8 Å². The Labute approximate surface area is 150 Å². The van der Waals surface area contributed by atoms with Crippen molar-refractivity contribution in [3.05, 3.63) is 58.9 Å². The molecular weight excluding hydrogens is 312 g/mol. The summed E-state index contributed by atoms with van der Waals surface area (Å²) in [7, 11) is 3.50. The number of rotatable bonds is 7. The van der Waals surface area contributed by atoms with Crippen LogP contribution in [0.2, 0.25) is 0 Å². The van der Waals surface area contributed by atoms with Gasteiger partial charge in [0, 0.05) is 32.5 Å². The third-order valence-electron chi connectivity index (χ3n) is 4.17. The summed E-state index contributed by atoms with van der Waals surface area (Å²) < 4.78 is 5.43. The number of benzene rings is 1. The highest BCUT2D eigenvalue weighted by molar-refractivity contribution is 5.79. The number of aromatic nitrogens is 1. The number of aryl methyl sites for hydroxylation is 2. The summed E-state index contributed by atoms with van der Waals surface area (Å²) >= 11 is 0. The molecule has 0 aliphatic carbocycles. The number of pyridine rings is 1. The fourth-order valence-corrected chi connectivity index (χ4v) is 2.74. The summed E-state index contributed by atoms with van der Waals surface area (Å²) in [5.74, 6) is 1.75. The molecule has 0 aliphatic heterocycles. The first-order chi connectivity index (χ1) is 12.1. The molecule has 0 unspecified atom stereocenters. The number of guanidine groups is 1. The highest BCUT2D eigenvalue weighted by Crippen LogP contribution is 2.19. The van der Waals surface area contributed by atoms with Gasteiger partial charge < -0.3 is 15.4 Å². The van der Waals surface area contributed by atoms with Crippen LogP contribution in [0.3, 0.4) is 0 Å². The predicted octanol–water partition coefficient (Wildman–Crippen LogP) is 2.66. The van der Waals surface area contributed by atoms with Crippen molar-refractivity contribution < 1.29 is 4.74 Å². The van der Waals surface area contributed by atoms with Crippen molar-refractivity contribution in [1.29, 1.82) is 0 Å². The van der Waals surface area contributed by atoms with Crippen molar-refractivity contribution in [2.75, 3.05) is 27.2 Å². The lowest BCUT2D eigenvalue weighted by Crippen LogP contribution is -2.39. The van der Waals surface area contributed by atoms with Crippen LogP contribution in [0.4, 0.5) is 0 Å². The van der Waals surface area contributed by atoms with Crippen molar-refractivity contribution in [2.45, 2.75) is 26.7 Å². The Morgan fingerprint density at radius 1 is 1.08 bits per heavy atom. The largest absolute Gasteiger partial charge is 0.496 e. The molecule has 0 fully saturated rings. The second-order valence-corrected chi connectivity index (χ2v) is 6.04. The zero-order valence-corrected chi connectivity index (χ0v) is 15.6. The highest BCUT2D eigenvalue weighted by Gasteiger charge is 2.04. The highest BCUT2D eigenvalue weighted by atomic mass is 16.5. The molecule has 5 nitrogen and oxygen atoms in total. The molecular formula is C20H28N4O. The van der Waals surface area contributed by atoms with E-state index in [-0.39, 0.29) is 0 Å². The Balaban J connectivity index is 1.79. The molecule has 25 heavy (non-hydrogen) atoms. The van der Waals surface area contributed by atoms with Crippen LogP contribution >= 0.6 is 0 Å². The molecule has 2 rings (SSSR count). The second-order valence-electron chi connectivity index (χ2n) is 6.04. The fourth-order valence-electron chi connectivity index (χ4n) is 2.74. The molecule has 0 radical (unpaired) electrons. The van der Waals surface area contributed by atoms with Gasteiger partial charge in [0.25, 0.3) is 0 Å². The normalized spacial score (nSPS) is 11.3. The van der Waals surface area contributed by atoms with Crippen LogP contribution < -0.4 is 15.4 Å². The fraction of sp³-hybridized carbons (Fsp3) is 0.400. The number of methoxy groups -OCH3 is 1. The lowest BCUT2D eigenvalue weighted by Gasteiger charge is -2.14. The third kappa shape index (κ3) is 5.78. The molecule has 0 bridgehead atoms. The minimum absolute atomic E-state index is 0.799. The van der Waals surface area contributed by atoms with Crippen molar-refractivity contribution in [1.82, 2.24) is 15.6 Å². The average Bonchev–Trinajstić information content (AvgIpc) is 2.62. The Kier molecular flexibility index (Phi) is 7.26. The van der Waals surface area contributed by atoms with Crippen molar-refractivity contribution in [2.24, 2.45) is 4.99 Å². The second kappa shape index (κ2) is 9.67. The van der Waals surface area contributed by atoms with Crippen LogP contribution in [0.1, 0.15) is 22.3 Å². The maximum absolute atomic E-state index is 5.43. The predicted molar refractivity (Wildman–Crippen MR) is 103 cm³/mol. The summed E-state index contributed by atoms with van der Waals surface area (Å²) in [5, 5.41) is 6.72. The minimum atomic E-state index is 0.799. The first-order valence-electron chi connectivity index (χ1n) is 8.61. The lowest BCUT2D eigenvalue weighted by molar-refractivity contribution is 0.409. The topological polar surface area (TPSA) is 58.5 Å². The first kappa shape index (κ1) is 18.8. The van der Waals surface area contributed by atoms with Crippen molar-refractivity contribution >= 4 is 5.96 Å². The molecule has 5 heteroatoms. The van der Waals surface area contributed by atoms with E-state index in [1.165, 1.54) is 22.3 Å². The standard InChI is InChI=1S/C20H28N4O/c1-15-5-6-19(25-4)18(13-15)9-12-24-20(21-3)23-11-8-17-7-10-22-14-16(17)2/h5-7,10,13-14H,8-9,11-12H2,1-4H3,(H2,21,23,24). The van der Waals surface area contributed by atoms with E-state index < -0.39 is 0 Å². The van der Waals surface area contributed by atoms with Crippen LogP contribution in [0.5, 0.6) is 5.75 Å². The third-order valence-corrected chi connectivity index (χ3v) is 4.17. The summed E-state index contributed by atoms with van der Waals surface area (Å²) in [4.78, 5) is 8.41. The van der Waals surface area contributed by atoms with Gasteiger partial charge in [0.1, 0.15) is 5.75 Å². The van der Waals surface area contributed by atoms with Gasteiger partial charge in [-0.25, -0.2) is 0 Å². The van der Waals surface area contributed by atoms with E-state index in [2.05, 4.69) is 52.7 Å². The van der Waals surface area contributed by atoms with Gasteiger partial charge in [-0.3, -0.25) is 9.98 Å². The summed E-state index contributed by atoms with van der Waals surface area (Å²) in [6, 6.07) is 8.33. The average molecular weight is 340 g/mol. The van der Waals surface area contributed by atoms with Gasteiger partial charge in [-0.15, -0.1) is 0 Å². The Hall–Kier alpha value is -2.56. The van der Waals surface area contributed by atoms with Crippen LogP contribution in [0.15, 0.2) is 41.7 Å². The van der Waals surface area contributed by atoms with Gasteiger partial charge >= 0.3 is 0 Å². The Morgan fingerprint density at radius 3 is 2.44 bits per heavy atom. The molecule has 0 amide bonds. The van der Waals surface area contributed by atoms with Crippen LogP contribution in [0, 0.1) is 13.8 Å². The zero-order chi connectivity index (χ0) is 18.1. The number of nitrogens with one attached hydrogen (secondary N) is 2. The molecule has 0 saturated carbocycles. The van der Waals surface area contributed by atoms with Gasteiger partial charge in [-0.05, 0) is 55.5 Å². The van der Waals surface area contributed by atoms with Crippen LogP contribution in [0.25, 0.3) is 0 Å². The molecule has 0 saturated heterocycles. The van der Waals surface area contributed by atoms with Gasteiger partial charge in [0.2, 0.25) is 0 Å². The summed E-state index contributed by atoms with van der Waals surface area (Å²) in [6.45, 7) is 5.81. The molecule has 1 heterocycles. The van der Waals surface area contributed by atoms with Gasteiger partial charge in [0.15, 0.2) is 5.96 Å². The quantitative estimate of drug-likeness (QED) is 0.601. The molecule has 0 spiro atoms. The molecule has 0 aliphatic rings. The molecule has 134 valence electrons. The maximum Gasteiger partial charge on any atom is 0.190 e. The van der Waals surface area contributed by atoms with Gasteiger partial charge in [-0.2, -0.15) is 0 Å². The molecule has 2 aromatic rings. The Bertz CT molecular complexity index is 713. The van der Waals surface area contributed by atoms with Crippen molar-refractivity contribution in [3.8, 4) is 5.75 Å². The SMILES string of the molecule is CN=C(NCCc1ccncc1C)NCCc1cc(C)ccc1OC. The lowest BCUT2D eigenvalue weighted by atomic mass is 10.1. The van der Waals surface area contributed by atoms with E-state index in [0.717, 1.165) is 37.6 Å². The monoisotopic (exact) mass is 340 g/mol. The summed E-state index contributed by atoms with van der Waals surface area (Å²) in [5.41, 5.74) is 4.98. The molecule has 1 aromatic heterocycles. The van der Waals surface area contributed by atoms with E-state index in [0.29, 0.717) is 0 Å². The summed E-state index contributed by atoms with van der Waals surface area (Å²) in [6.07, 6.45) is 5.57. The van der Waals surface area contributed by atoms with Crippen LogP contribution in [-0.4, -0.2) is 38.2 Å². The number of hydrogen-bond acceptors (Lipinski definition) is 3. The maximum atomic E-state index is 5.43. The van der Waals surface area contributed by atoms with E-state index >= 15 is 0 Å². The number of hydrogen-bond donors (Lipinski definition) is 2. The zero-order valence-electron chi connectivity index (χ0n) is 15.6. The minimum Gasteiger partial charge on any atom is -0.496 e. The van der Waals surface area contributed by atoms with Gasteiger partial charge in [0.05, 0.1) is 7.11 Å². The van der Waals surface area contributed by atoms with E-state index in [1.54, 1.807) is 14.2 Å². The first-order valence-corrected chi connectivity index (χ1v) is 8.61. The molecule has 2 N–H and O–H groups in total. The van der Waals surface area contributed by atoms with E-state index in [1.807, 2.05) is 18.5 Å². The van der Waals surface area contributed by atoms with Gasteiger partial charge in [-0.1, -0.05) is 17.7 Å². The van der Waals surface area contributed by atoms with E-state index in [4.69, 9.17) is 4.74 Å². The smallest absolute Gasteiger partial charge is 0.190 e. The van der Waals surface area contributed by atoms with Crippen molar-refractivity contribution in [3.63, 3.8) is 0 Å². The molecule has 0 atom stereocenters. The number of aliphatic imine (C=N–C) groups is 1. The molecule has 1 aromatic carbocycles. The number of ether oxygens (including phenoxy) is 1.